The van der Waals surface area contributed by atoms with E-state index in [-0.39, 0.29) is 0 Å². The van der Waals surface area contributed by atoms with Gasteiger partial charge in [0.05, 0.1) is 0 Å². The molecular formula is C5H7N3Sn. The van der Waals surface area contributed by atoms with Gasteiger partial charge in [0.25, 0.3) is 0 Å². The van der Waals surface area contributed by atoms with Crippen LogP contribution in [0.1, 0.15) is 0 Å². The first kappa shape index (κ1) is 6.79. The fraction of sp³-hybridized carbons (Fsp3) is 0.200. The molecule has 4 heteroatoms. The SMILES string of the molecule is CNc1cn[c]([SnH])cn1. The van der Waals surface area contributed by atoms with Crippen LogP contribution in [0.3, 0.4) is 0 Å². The third kappa shape index (κ3) is 1.82. The second-order valence-corrected chi connectivity index (χ2v) is 3.26. The van der Waals surface area contributed by atoms with Gasteiger partial charge in [-0.25, -0.2) is 0 Å². The van der Waals surface area contributed by atoms with Gasteiger partial charge in [-0.2, -0.15) is 0 Å². The van der Waals surface area contributed by atoms with E-state index >= 15 is 0 Å². The first-order chi connectivity index (χ1) is 4.33. The van der Waals surface area contributed by atoms with Crippen molar-refractivity contribution in [2.45, 2.75) is 0 Å². The Kier molecular flexibility index (Phi) is 2.27. The summed E-state index contributed by atoms with van der Waals surface area (Å²) in [6.45, 7) is 0. The minimum atomic E-state index is 0.827. The summed E-state index contributed by atoms with van der Waals surface area (Å²) in [5.41, 5.74) is 0. The average Bonchev–Trinajstić information content (AvgIpc) is 1.90. The van der Waals surface area contributed by atoms with E-state index in [1.54, 1.807) is 12.4 Å². The molecule has 1 aromatic rings. The second-order valence-electron chi connectivity index (χ2n) is 1.58. The van der Waals surface area contributed by atoms with E-state index in [2.05, 4.69) is 15.3 Å². The molecule has 0 spiro atoms. The normalized spacial score (nSPS) is 9.11. The fourth-order valence-electron chi connectivity index (χ4n) is 0.467. The van der Waals surface area contributed by atoms with Crippen molar-refractivity contribution < 1.29 is 0 Å². The van der Waals surface area contributed by atoms with E-state index in [0.717, 1.165) is 32.1 Å². The van der Waals surface area contributed by atoms with Gasteiger partial charge in [-0.1, -0.05) is 0 Å². The zero-order valence-electron chi connectivity index (χ0n) is 5.13. The van der Waals surface area contributed by atoms with Crippen LogP contribution < -0.4 is 9.03 Å². The van der Waals surface area contributed by atoms with Crippen molar-refractivity contribution in [3.05, 3.63) is 12.4 Å². The summed E-state index contributed by atoms with van der Waals surface area (Å²) >= 11 is 1.03. The van der Waals surface area contributed by atoms with Crippen LogP contribution in [0.4, 0.5) is 5.82 Å². The maximum atomic E-state index is 4.08. The quantitative estimate of drug-likeness (QED) is 0.629. The van der Waals surface area contributed by atoms with Gasteiger partial charge in [-0.15, -0.1) is 0 Å². The van der Waals surface area contributed by atoms with Gasteiger partial charge in [-0.05, 0) is 0 Å². The Morgan fingerprint density at radius 3 is 2.67 bits per heavy atom. The van der Waals surface area contributed by atoms with Crippen molar-refractivity contribution in [1.82, 2.24) is 9.97 Å². The molecule has 1 N–H and O–H groups in total. The molecule has 0 aliphatic heterocycles. The summed E-state index contributed by atoms with van der Waals surface area (Å²) in [5, 5.41) is 2.90. The maximum absolute atomic E-state index is 4.08. The Bertz CT molecular complexity index is 184. The molecule has 0 fully saturated rings. The number of rotatable bonds is 1. The van der Waals surface area contributed by atoms with Crippen LogP contribution >= 0.6 is 0 Å². The molecule has 0 atom stereocenters. The standard InChI is InChI=1S/C5H6N3.Sn.H/c1-6-5-4-7-2-3-8-5;;/h3-4H,1H3,(H,6,8);;. The zero-order chi connectivity index (χ0) is 6.69. The van der Waals surface area contributed by atoms with E-state index in [9.17, 15) is 0 Å². The van der Waals surface area contributed by atoms with Gasteiger partial charge in [-0.3, -0.25) is 0 Å². The van der Waals surface area contributed by atoms with Crippen molar-refractivity contribution in [3.8, 4) is 0 Å². The molecule has 46 valence electrons. The van der Waals surface area contributed by atoms with Gasteiger partial charge in [0.1, 0.15) is 0 Å². The van der Waals surface area contributed by atoms with Crippen LogP contribution in [0, 0.1) is 0 Å². The Labute approximate surface area is 67.0 Å². The number of nitrogens with one attached hydrogen (secondary N) is 1. The fourth-order valence-corrected chi connectivity index (χ4v) is 0.893. The van der Waals surface area contributed by atoms with Gasteiger partial charge in [0, 0.05) is 0 Å². The number of aromatic nitrogens is 2. The van der Waals surface area contributed by atoms with E-state index in [0.29, 0.717) is 0 Å². The molecule has 0 saturated heterocycles. The van der Waals surface area contributed by atoms with Crippen molar-refractivity contribution in [2.24, 2.45) is 0 Å². The molecule has 1 rings (SSSR count). The summed E-state index contributed by atoms with van der Waals surface area (Å²) in [4.78, 5) is 8.14. The molecule has 2 radical (unpaired) electrons. The van der Waals surface area contributed by atoms with E-state index < -0.39 is 0 Å². The summed E-state index contributed by atoms with van der Waals surface area (Å²) in [5.74, 6) is 0.827. The van der Waals surface area contributed by atoms with E-state index in [1.807, 2.05) is 7.05 Å². The number of hydrogen-bond donors (Lipinski definition) is 1. The molecule has 0 bridgehead atoms. The molecule has 3 nitrogen and oxygen atoms in total. The van der Waals surface area contributed by atoms with E-state index in [4.69, 9.17) is 0 Å². The summed E-state index contributed by atoms with van der Waals surface area (Å²) in [7, 11) is 1.83. The first-order valence-corrected chi connectivity index (χ1v) is 4.23. The van der Waals surface area contributed by atoms with E-state index in [1.165, 1.54) is 0 Å². The molecule has 0 aromatic carbocycles. The summed E-state index contributed by atoms with van der Waals surface area (Å²) in [6, 6.07) is 0. The third-order valence-electron chi connectivity index (χ3n) is 0.928. The van der Waals surface area contributed by atoms with Crippen molar-refractivity contribution in [1.29, 1.82) is 0 Å². The third-order valence-corrected chi connectivity index (χ3v) is 1.78. The van der Waals surface area contributed by atoms with Gasteiger partial charge < -0.3 is 0 Å². The molecule has 0 unspecified atom stereocenters. The molecule has 0 aliphatic carbocycles. The zero-order valence-corrected chi connectivity index (χ0v) is 8.42. The predicted octanol–water partition coefficient (Wildman–Crippen LogP) is -0.956. The molecule has 0 aliphatic rings. The Morgan fingerprint density at radius 2 is 2.22 bits per heavy atom. The van der Waals surface area contributed by atoms with Crippen LogP contribution in [-0.4, -0.2) is 39.5 Å². The van der Waals surface area contributed by atoms with Crippen LogP contribution in [0.2, 0.25) is 0 Å². The Hall–Kier alpha value is -0.321. The number of hydrogen-bond acceptors (Lipinski definition) is 3. The van der Waals surface area contributed by atoms with Gasteiger partial charge >= 0.3 is 66.8 Å². The van der Waals surface area contributed by atoms with Crippen molar-refractivity contribution in [3.63, 3.8) is 0 Å². The first-order valence-electron chi connectivity index (χ1n) is 2.58. The molecular weight excluding hydrogens is 221 g/mol. The monoisotopic (exact) mass is 229 g/mol. The van der Waals surface area contributed by atoms with Crippen molar-refractivity contribution in [2.75, 3.05) is 12.4 Å². The van der Waals surface area contributed by atoms with Crippen LogP contribution in [-0.2, 0) is 0 Å². The average molecular weight is 228 g/mol. The number of nitrogens with zero attached hydrogens (tertiary/aromatic N) is 2. The molecule has 0 amide bonds. The molecule has 0 saturated carbocycles. The number of anilines is 1. The Morgan fingerprint density at radius 1 is 1.44 bits per heavy atom. The Balaban J connectivity index is 2.88. The minimum absolute atomic E-state index is 0.827. The summed E-state index contributed by atoms with van der Waals surface area (Å²) in [6.07, 6.45) is 3.52. The molecule has 1 aromatic heterocycles. The molecule has 9 heavy (non-hydrogen) atoms. The van der Waals surface area contributed by atoms with Crippen LogP contribution in [0.5, 0.6) is 0 Å². The predicted molar refractivity (Wildman–Crippen MR) is 38.4 cm³/mol. The van der Waals surface area contributed by atoms with Gasteiger partial charge in [0.15, 0.2) is 0 Å². The van der Waals surface area contributed by atoms with Crippen molar-refractivity contribution >= 4 is 32.1 Å². The second kappa shape index (κ2) is 3.00. The topological polar surface area (TPSA) is 37.8 Å². The van der Waals surface area contributed by atoms with Gasteiger partial charge in [0.2, 0.25) is 0 Å². The molecule has 1 heterocycles. The van der Waals surface area contributed by atoms with Crippen LogP contribution in [0.15, 0.2) is 12.4 Å². The van der Waals surface area contributed by atoms with Crippen LogP contribution in [0.25, 0.3) is 0 Å². The summed E-state index contributed by atoms with van der Waals surface area (Å²) < 4.78 is 1.07.